The predicted molar refractivity (Wildman–Crippen MR) is 98.3 cm³/mol. The summed E-state index contributed by atoms with van der Waals surface area (Å²) >= 11 is 12.1. The Bertz CT molecular complexity index is 758. The number of hydrogen-bond donors (Lipinski definition) is 2. The Hall–Kier alpha value is -1.87. The lowest BCUT2D eigenvalue weighted by atomic mass is 10.3. The second-order valence-corrected chi connectivity index (χ2v) is 5.87. The molecule has 0 saturated heterocycles. The molecular formula is C14H16Cl3N5O3. The monoisotopic (exact) mass is 407 g/mol. The third-order valence-corrected chi connectivity index (χ3v) is 3.90. The Kier molecular flexibility index (Phi) is 7.62. The van der Waals surface area contributed by atoms with Crippen LogP contribution in [0.5, 0.6) is 0 Å². The van der Waals surface area contributed by atoms with Crippen LogP contribution >= 0.6 is 35.6 Å². The first kappa shape index (κ1) is 21.2. The molecule has 0 spiro atoms. The van der Waals surface area contributed by atoms with Crippen molar-refractivity contribution in [2.75, 3.05) is 13.6 Å². The van der Waals surface area contributed by atoms with Gasteiger partial charge in [0.1, 0.15) is 5.69 Å². The van der Waals surface area contributed by atoms with Gasteiger partial charge in [0, 0.05) is 30.9 Å². The summed E-state index contributed by atoms with van der Waals surface area (Å²) in [5.74, 6) is -0.343. The second-order valence-electron chi connectivity index (χ2n) is 5.06. The summed E-state index contributed by atoms with van der Waals surface area (Å²) in [6, 6.07) is 3.99. The van der Waals surface area contributed by atoms with Crippen molar-refractivity contribution in [2.45, 2.75) is 13.0 Å². The van der Waals surface area contributed by atoms with Crippen LogP contribution in [0, 0.1) is 10.1 Å². The number of nitro groups is 1. The quantitative estimate of drug-likeness (QED) is 0.565. The van der Waals surface area contributed by atoms with Crippen molar-refractivity contribution >= 4 is 47.2 Å². The number of non-ortho nitro benzene ring substituents is 1. The third kappa shape index (κ3) is 5.05. The fraction of sp³-hybridized carbons (Fsp3) is 0.286. The van der Waals surface area contributed by atoms with Crippen LogP contribution in [0.3, 0.4) is 0 Å². The van der Waals surface area contributed by atoms with Crippen molar-refractivity contribution in [3.63, 3.8) is 0 Å². The van der Waals surface area contributed by atoms with Crippen LogP contribution in [0.2, 0.25) is 10.0 Å². The molecule has 0 bridgehead atoms. The first-order chi connectivity index (χ1) is 11.3. The van der Waals surface area contributed by atoms with Gasteiger partial charge in [-0.05, 0) is 20.0 Å². The zero-order valence-corrected chi connectivity index (χ0v) is 15.7. The van der Waals surface area contributed by atoms with Gasteiger partial charge in [-0.1, -0.05) is 23.2 Å². The van der Waals surface area contributed by atoms with E-state index < -0.39 is 4.92 Å². The molecule has 0 radical (unpaired) electrons. The average Bonchev–Trinajstić information content (AvgIpc) is 3.01. The first-order valence-electron chi connectivity index (χ1n) is 6.98. The van der Waals surface area contributed by atoms with Gasteiger partial charge >= 0.3 is 0 Å². The molecule has 0 fully saturated rings. The van der Waals surface area contributed by atoms with E-state index in [4.69, 9.17) is 23.2 Å². The molecule has 11 heteroatoms. The van der Waals surface area contributed by atoms with Gasteiger partial charge in [0.05, 0.1) is 15.0 Å². The summed E-state index contributed by atoms with van der Waals surface area (Å²) in [7, 11) is 1.80. The number of hydrogen-bond acceptors (Lipinski definition) is 5. The molecule has 0 aliphatic heterocycles. The van der Waals surface area contributed by atoms with E-state index in [-0.39, 0.29) is 51.5 Å². The minimum absolute atomic E-state index is 0. The molecule has 1 atom stereocenters. The van der Waals surface area contributed by atoms with Crippen LogP contribution in [-0.4, -0.2) is 40.2 Å². The standard InChI is InChI=1S/C14H15Cl2N5O3.ClH/c1-8(17-2)7-18-14(22)12-3-4-20(19-12)13-10(15)5-9(21(23)24)6-11(13)16;/h3-6,8,17H,7H2,1-2H3,(H,18,22);1H. The van der Waals surface area contributed by atoms with Gasteiger partial charge in [0.2, 0.25) is 0 Å². The Morgan fingerprint density at radius 2 is 2.00 bits per heavy atom. The van der Waals surface area contributed by atoms with Crippen LogP contribution in [-0.2, 0) is 0 Å². The Morgan fingerprint density at radius 3 is 2.52 bits per heavy atom. The molecule has 1 aromatic carbocycles. The molecule has 2 aromatic rings. The third-order valence-electron chi connectivity index (χ3n) is 3.32. The van der Waals surface area contributed by atoms with Gasteiger partial charge < -0.3 is 10.6 Å². The Labute approximate surface area is 160 Å². The molecular weight excluding hydrogens is 393 g/mol. The molecule has 8 nitrogen and oxygen atoms in total. The number of rotatable bonds is 6. The van der Waals surface area contributed by atoms with E-state index >= 15 is 0 Å². The van der Waals surface area contributed by atoms with Gasteiger partial charge in [-0.15, -0.1) is 12.4 Å². The molecule has 2 rings (SSSR count). The lowest BCUT2D eigenvalue weighted by Crippen LogP contribution is -2.37. The Balaban J connectivity index is 0.00000312. The normalized spacial score (nSPS) is 11.5. The van der Waals surface area contributed by atoms with E-state index in [0.717, 1.165) is 0 Å². The van der Waals surface area contributed by atoms with E-state index in [2.05, 4.69) is 15.7 Å². The largest absolute Gasteiger partial charge is 0.349 e. The van der Waals surface area contributed by atoms with Gasteiger partial charge in [0.25, 0.3) is 11.6 Å². The summed E-state index contributed by atoms with van der Waals surface area (Å²) < 4.78 is 1.31. The van der Waals surface area contributed by atoms with Crippen molar-refractivity contribution in [1.29, 1.82) is 0 Å². The maximum atomic E-state index is 12.1. The lowest BCUT2D eigenvalue weighted by molar-refractivity contribution is -0.384. The number of halogens is 3. The molecule has 2 N–H and O–H groups in total. The maximum absolute atomic E-state index is 12.1. The Morgan fingerprint density at radius 1 is 1.40 bits per heavy atom. The van der Waals surface area contributed by atoms with E-state index in [1.54, 1.807) is 7.05 Å². The number of nitrogens with one attached hydrogen (secondary N) is 2. The van der Waals surface area contributed by atoms with Gasteiger partial charge in [-0.2, -0.15) is 5.10 Å². The minimum Gasteiger partial charge on any atom is -0.349 e. The number of amides is 1. The molecule has 0 aliphatic carbocycles. The molecule has 25 heavy (non-hydrogen) atoms. The minimum atomic E-state index is -0.591. The number of nitrogens with zero attached hydrogens (tertiary/aromatic N) is 3. The second kappa shape index (κ2) is 9.00. The van der Waals surface area contributed by atoms with E-state index in [9.17, 15) is 14.9 Å². The molecule has 136 valence electrons. The number of benzene rings is 1. The maximum Gasteiger partial charge on any atom is 0.272 e. The van der Waals surface area contributed by atoms with Crippen LogP contribution < -0.4 is 10.6 Å². The molecule has 1 heterocycles. The summed E-state index contributed by atoms with van der Waals surface area (Å²) in [5.41, 5.74) is 0.232. The van der Waals surface area contributed by atoms with Crippen molar-refractivity contribution in [3.05, 3.63) is 50.2 Å². The summed E-state index contributed by atoms with van der Waals surface area (Å²) in [4.78, 5) is 22.3. The van der Waals surface area contributed by atoms with Gasteiger partial charge in [-0.3, -0.25) is 14.9 Å². The van der Waals surface area contributed by atoms with Crippen molar-refractivity contribution in [3.8, 4) is 5.69 Å². The topological polar surface area (TPSA) is 102 Å². The highest BCUT2D eigenvalue weighted by molar-refractivity contribution is 6.38. The molecule has 0 saturated carbocycles. The first-order valence-corrected chi connectivity index (χ1v) is 7.74. The molecule has 1 unspecified atom stereocenters. The fourth-order valence-electron chi connectivity index (χ4n) is 1.88. The van der Waals surface area contributed by atoms with Crippen molar-refractivity contribution < 1.29 is 9.72 Å². The zero-order valence-electron chi connectivity index (χ0n) is 13.3. The molecule has 1 aromatic heterocycles. The average molecular weight is 409 g/mol. The van der Waals surface area contributed by atoms with Crippen LogP contribution in [0.4, 0.5) is 5.69 Å². The molecule has 0 aliphatic rings. The van der Waals surface area contributed by atoms with Crippen LogP contribution in [0.25, 0.3) is 5.69 Å². The smallest absolute Gasteiger partial charge is 0.272 e. The highest BCUT2D eigenvalue weighted by Crippen LogP contribution is 2.32. The van der Waals surface area contributed by atoms with Crippen LogP contribution in [0.15, 0.2) is 24.4 Å². The molecule has 1 amide bonds. The van der Waals surface area contributed by atoms with Gasteiger partial charge in [-0.25, -0.2) is 4.68 Å². The number of carbonyl (C=O) groups excluding carboxylic acids is 1. The predicted octanol–water partition coefficient (Wildman–Crippen LogP) is 2.85. The SMILES string of the molecule is CNC(C)CNC(=O)c1ccn(-c2c(Cl)cc([N+](=O)[O-])cc2Cl)n1.Cl. The summed E-state index contributed by atoms with van der Waals surface area (Å²) in [5, 5.41) is 20.8. The highest BCUT2D eigenvalue weighted by Gasteiger charge is 2.18. The summed E-state index contributed by atoms with van der Waals surface area (Å²) in [6.45, 7) is 2.37. The van der Waals surface area contributed by atoms with Gasteiger partial charge in [0.15, 0.2) is 5.69 Å². The number of carbonyl (C=O) groups is 1. The summed E-state index contributed by atoms with van der Waals surface area (Å²) in [6.07, 6.45) is 1.51. The lowest BCUT2D eigenvalue weighted by Gasteiger charge is -2.10. The van der Waals surface area contributed by atoms with Crippen molar-refractivity contribution in [2.24, 2.45) is 0 Å². The van der Waals surface area contributed by atoms with Crippen molar-refractivity contribution in [1.82, 2.24) is 20.4 Å². The fourth-order valence-corrected chi connectivity index (χ4v) is 2.53. The number of nitro benzene ring substituents is 1. The van der Waals surface area contributed by atoms with E-state index in [0.29, 0.717) is 6.54 Å². The van der Waals surface area contributed by atoms with Crippen LogP contribution in [0.1, 0.15) is 17.4 Å². The highest BCUT2D eigenvalue weighted by atomic mass is 35.5. The van der Waals surface area contributed by atoms with E-state index in [1.165, 1.54) is 29.1 Å². The van der Waals surface area contributed by atoms with E-state index in [1.807, 2.05) is 6.92 Å². The zero-order chi connectivity index (χ0) is 17.9. The number of aromatic nitrogens is 2. The number of likely N-dealkylation sites (N-methyl/N-ethyl adjacent to an activating group) is 1.